The first kappa shape index (κ1) is 23.2. The molecule has 6 aromatic rings. The molecule has 0 aliphatic carbocycles. The smallest absolute Gasteiger partial charge is 0.0665 e. The molecule has 5 aromatic carbocycles. The zero-order valence-electron chi connectivity index (χ0n) is 21.0. The molecule has 178 valence electrons. The SMILES string of the molecule is Cc1cc2c(cc1N=Cc1ccccc1)c1cc(N=Cc3ccccc3)c(C)cc1p2-c1ccccc1. The Labute approximate surface area is 218 Å². The Morgan fingerprint density at radius 3 is 1.35 bits per heavy atom. The Kier molecular flexibility index (Phi) is 6.26. The van der Waals surface area contributed by atoms with Crippen molar-refractivity contribution in [2.45, 2.75) is 13.8 Å². The van der Waals surface area contributed by atoms with Gasteiger partial charge in [-0.1, -0.05) is 98.5 Å². The third kappa shape index (κ3) is 4.65. The Morgan fingerprint density at radius 1 is 0.514 bits per heavy atom. The van der Waals surface area contributed by atoms with Crippen LogP contribution in [0.25, 0.3) is 26.3 Å². The van der Waals surface area contributed by atoms with Gasteiger partial charge in [0, 0.05) is 22.7 Å². The van der Waals surface area contributed by atoms with Crippen molar-refractivity contribution in [1.29, 1.82) is 0 Å². The van der Waals surface area contributed by atoms with Gasteiger partial charge in [0.05, 0.1) is 11.4 Å². The van der Waals surface area contributed by atoms with Crippen molar-refractivity contribution >= 4 is 52.3 Å². The summed E-state index contributed by atoms with van der Waals surface area (Å²) in [4.78, 5) is 9.79. The minimum absolute atomic E-state index is 0.639. The summed E-state index contributed by atoms with van der Waals surface area (Å²) in [6.07, 6.45) is 3.91. The minimum atomic E-state index is -0.639. The highest BCUT2D eigenvalue weighted by Gasteiger charge is 2.17. The molecular weight excluding hydrogens is 467 g/mol. The van der Waals surface area contributed by atoms with Crippen LogP contribution in [0.2, 0.25) is 0 Å². The first-order valence-electron chi connectivity index (χ1n) is 12.5. The fourth-order valence-electron chi connectivity index (χ4n) is 4.79. The number of benzene rings is 5. The van der Waals surface area contributed by atoms with Gasteiger partial charge in [0.25, 0.3) is 0 Å². The van der Waals surface area contributed by atoms with E-state index in [4.69, 9.17) is 9.98 Å². The number of aryl methyl sites for hydroxylation is 2. The maximum absolute atomic E-state index is 4.89. The van der Waals surface area contributed by atoms with Crippen molar-refractivity contribution in [2.24, 2.45) is 9.98 Å². The number of aliphatic imine (C=N–C) groups is 2. The molecule has 37 heavy (non-hydrogen) atoms. The standard InChI is InChI=1S/C34H27N2P/c1-24-18-33-29(20-31(24)35-22-26-12-6-3-7-13-26)30-21-32(36-23-27-14-8-4-9-15-27)25(2)19-34(30)37(33)28-16-10-5-11-17-28/h3-23H,1-2H3. The van der Waals surface area contributed by atoms with Crippen LogP contribution in [-0.2, 0) is 0 Å². The predicted molar refractivity (Wildman–Crippen MR) is 162 cm³/mol. The molecule has 3 heteroatoms. The lowest BCUT2D eigenvalue weighted by Crippen LogP contribution is -1.81. The predicted octanol–water partition coefficient (Wildman–Crippen LogP) is 10.1. The molecule has 0 fully saturated rings. The van der Waals surface area contributed by atoms with Crippen LogP contribution >= 0.6 is 7.53 Å². The molecule has 0 aliphatic rings. The average molecular weight is 495 g/mol. The van der Waals surface area contributed by atoms with Gasteiger partial charge in [0.2, 0.25) is 0 Å². The zero-order chi connectivity index (χ0) is 25.2. The van der Waals surface area contributed by atoms with E-state index in [0.717, 1.165) is 22.5 Å². The van der Waals surface area contributed by atoms with Crippen LogP contribution in [0.4, 0.5) is 11.4 Å². The second-order valence-corrected chi connectivity index (χ2v) is 11.5. The molecule has 0 amide bonds. The van der Waals surface area contributed by atoms with E-state index in [1.165, 1.54) is 37.4 Å². The molecule has 0 atom stereocenters. The molecule has 6 rings (SSSR count). The summed E-state index contributed by atoms with van der Waals surface area (Å²) in [5.41, 5.74) is 6.61. The lowest BCUT2D eigenvalue weighted by molar-refractivity contribution is 1.43. The van der Waals surface area contributed by atoms with E-state index in [2.05, 4.69) is 92.7 Å². The molecule has 0 aliphatic heterocycles. The summed E-state index contributed by atoms with van der Waals surface area (Å²) < 4.78 is 0. The quantitative estimate of drug-likeness (QED) is 0.213. The number of hydrogen-bond donors (Lipinski definition) is 0. The molecule has 0 bridgehead atoms. The number of fused-ring (bicyclic) bond motifs is 3. The van der Waals surface area contributed by atoms with Crippen LogP contribution in [0.1, 0.15) is 22.3 Å². The largest absolute Gasteiger partial charge is 0.256 e. The minimum Gasteiger partial charge on any atom is -0.256 e. The number of hydrogen-bond acceptors (Lipinski definition) is 2. The fraction of sp³-hybridized carbons (Fsp3) is 0.0588. The van der Waals surface area contributed by atoms with Crippen LogP contribution in [0, 0.1) is 13.8 Å². The first-order chi connectivity index (χ1) is 18.2. The Bertz CT molecular complexity index is 1650. The topological polar surface area (TPSA) is 24.7 Å². The van der Waals surface area contributed by atoms with E-state index in [0.29, 0.717) is 0 Å². The number of nitrogens with zero attached hydrogens (tertiary/aromatic N) is 2. The van der Waals surface area contributed by atoms with Crippen LogP contribution < -0.4 is 0 Å². The van der Waals surface area contributed by atoms with Gasteiger partial charge in [-0.3, -0.25) is 9.98 Å². The van der Waals surface area contributed by atoms with Crippen molar-refractivity contribution in [1.82, 2.24) is 0 Å². The van der Waals surface area contributed by atoms with Crippen LogP contribution in [0.5, 0.6) is 0 Å². The second kappa shape index (κ2) is 10.0. The van der Waals surface area contributed by atoms with E-state index < -0.39 is 7.53 Å². The summed E-state index contributed by atoms with van der Waals surface area (Å²) in [5, 5.41) is 6.71. The van der Waals surface area contributed by atoms with Crippen molar-refractivity contribution < 1.29 is 0 Å². The van der Waals surface area contributed by atoms with Gasteiger partial charge in [0.1, 0.15) is 0 Å². The molecular formula is C34H27N2P. The molecule has 1 aromatic heterocycles. The van der Waals surface area contributed by atoms with Gasteiger partial charge < -0.3 is 0 Å². The Hall–Kier alpha value is -4.26. The summed E-state index contributed by atoms with van der Waals surface area (Å²) in [7, 11) is -0.639. The van der Waals surface area contributed by atoms with E-state index in [1.807, 2.05) is 48.8 Å². The molecule has 1 heterocycles. The fourth-order valence-corrected chi connectivity index (χ4v) is 7.58. The molecule has 0 unspecified atom stereocenters. The summed E-state index contributed by atoms with van der Waals surface area (Å²) in [6, 6.07) is 40.7. The van der Waals surface area contributed by atoms with Crippen molar-refractivity contribution in [3.05, 3.63) is 138 Å². The lowest BCUT2D eigenvalue weighted by atomic mass is 10.1. The van der Waals surface area contributed by atoms with Gasteiger partial charge in [-0.15, -0.1) is 0 Å². The molecule has 0 radical (unpaired) electrons. The van der Waals surface area contributed by atoms with Crippen LogP contribution in [0.15, 0.2) is 125 Å². The zero-order valence-corrected chi connectivity index (χ0v) is 21.9. The summed E-state index contributed by atoms with van der Waals surface area (Å²) in [5.74, 6) is 0. The second-order valence-electron chi connectivity index (χ2n) is 9.32. The van der Waals surface area contributed by atoms with Gasteiger partial charge in [-0.05, 0) is 76.4 Å². The maximum atomic E-state index is 4.89. The third-order valence-corrected chi connectivity index (χ3v) is 9.24. The van der Waals surface area contributed by atoms with Gasteiger partial charge in [0.15, 0.2) is 0 Å². The summed E-state index contributed by atoms with van der Waals surface area (Å²) in [6.45, 7) is 4.33. The molecule has 0 saturated carbocycles. The van der Waals surface area contributed by atoms with Gasteiger partial charge >= 0.3 is 0 Å². The van der Waals surface area contributed by atoms with Crippen LogP contribution in [0.3, 0.4) is 0 Å². The Balaban J connectivity index is 1.57. The number of rotatable bonds is 5. The van der Waals surface area contributed by atoms with Crippen molar-refractivity contribution in [2.75, 3.05) is 0 Å². The highest BCUT2D eigenvalue weighted by molar-refractivity contribution is 7.67. The Morgan fingerprint density at radius 2 is 0.919 bits per heavy atom. The highest BCUT2D eigenvalue weighted by Crippen LogP contribution is 2.56. The van der Waals surface area contributed by atoms with Crippen molar-refractivity contribution in [3.63, 3.8) is 0 Å². The third-order valence-electron chi connectivity index (χ3n) is 6.72. The van der Waals surface area contributed by atoms with Gasteiger partial charge in [-0.25, -0.2) is 0 Å². The monoisotopic (exact) mass is 494 g/mol. The van der Waals surface area contributed by atoms with Gasteiger partial charge in [-0.2, -0.15) is 0 Å². The van der Waals surface area contributed by atoms with Crippen LogP contribution in [-0.4, -0.2) is 12.4 Å². The normalized spacial score (nSPS) is 12.3. The average Bonchev–Trinajstić information content (AvgIpc) is 3.23. The molecule has 0 saturated heterocycles. The molecule has 0 spiro atoms. The van der Waals surface area contributed by atoms with E-state index in [-0.39, 0.29) is 0 Å². The molecule has 2 nitrogen and oxygen atoms in total. The summed E-state index contributed by atoms with van der Waals surface area (Å²) >= 11 is 0. The first-order valence-corrected chi connectivity index (χ1v) is 13.8. The lowest BCUT2D eigenvalue weighted by Gasteiger charge is -2.06. The van der Waals surface area contributed by atoms with E-state index in [9.17, 15) is 0 Å². The van der Waals surface area contributed by atoms with E-state index in [1.54, 1.807) is 0 Å². The molecule has 0 N–H and O–H groups in total. The highest BCUT2D eigenvalue weighted by atomic mass is 31.1. The van der Waals surface area contributed by atoms with E-state index >= 15 is 0 Å². The van der Waals surface area contributed by atoms with Crippen molar-refractivity contribution in [3.8, 4) is 5.30 Å². The maximum Gasteiger partial charge on any atom is 0.0665 e.